The van der Waals surface area contributed by atoms with Gasteiger partial charge in [-0.1, -0.05) is 5.16 Å². The van der Waals surface area contributed by atoms with Gasteiger partial charge in [0, 0.05) is 13.0 Å². The first kappa shape index (κ1) is 16.4. The van der Waals surface area contributed by atoms with Crippen LogP contribution in [0, 0.1) is 30.1 Å². The Bertz CT molecular complexity index is 580. The van der Waals surface area contributed by atoms with Crippen LogP contribution >= 0.6 is 11.8 Å². The van der Waals surface area contributed by atoms with Crippen LogP contribution in [0.1, 0.15) is 57.2 Å². The summed E-state index contributed by atoms with van der Waals surface area (Å²) in [6, 6.07) is 0.298. The summed E-state index contributed by atoms with van der Waals surface area (Å²) in [6.45, 7) is 4.01. The summed E-state index contributed by atoms with van der Waals surface area (Å²) in [5, 5.41) is 7.17. The average molecular weight is 350 g/mol. The van der Waals surface area contributed by atoms with Crippen LogP contribution in [-0.4, -0.2) is 27.8 Å². The fourth-order valence-electron chi connectivity index (χ4n) is 5.78. The molecule has 24 heavy (non-hydrogen) atoms. The molecule has 5 rings (SSSR count). The van der Waals surface area contributed by atoms with E-state index < -0.39 is 0 Å². The maximum atomic E-state index is 12.3. The molecule has 132 valence electrons. The Morgan fingerprint density at radius 2 is 1.92 bits per heavy atom. The minimum absolute atomic E-state index is 0.142. The molecule has 4 bridgehead atoms. The molecule has 4 aliphatic rings. The summed E-state index contributed by atoms with van der Waals surface area (Å²) in [4.78, 5) is 16.5. The lowest BCUT2D eigenvalue weighted by Crippen LogP contribution is -2.56. The summed E-state index contributed by atoms with van der Waals surface area (Å²) >= 11 is 1.55. The van der Waals surface area contributed by atoms with Crippen molar-refractivity contribution in [1.29, 1.82) is 0 Å². The summed E-state index contributed by atoms with van der Waals surface area (Å²) < 4.78 is 4.95. The Morgan fingerprint density at radius 3 is 2.46 bits per heavy atom. The number of carbonyl (C=O) groups excluding carboxylic acids is 1. The second-order valence-corrected chi connectivity index (χ2v) is 9.28. The van der Waals surface area contributed by atoms with Crippen molar-refractivity contribution < 1.29 is 9.32 Å². The van der Waals surface area contributed by atoms with Gasteiger partial charge in [-0.25, -0.2) is 0 Å². The molecule has 4 saturated carbocycles. The molecule has 0 aromatic carbocycles. The standard InChI is InChI=1S/C18H27N3O2S/c1-11(18-6-13-3-14(7-18)5-15(4-13)8-18)19-17(22)10-24-9-16-20-12(2)23-21-16/h11,13-15H,3-10H2,1-2H3,(H,19,22)/t11-,13?,14?,15?,18?/m0/s1. The van der Waals surface area contributed by atoms with Crippen LogP contribution in [0.25, 0.3) is 0 Å². The lowest BCUT2D eigenvalue weighted by atomic mass is 9.48. The van der Waals surface area contributed by atoms with Crippen LogP contribution < -0.4 is 5.32 Å². The molecule has 0 unspecified atom stereocenters. The molecule has 1 aromatic rings. The quantitative estimate of drug-likeness (QED) is 0.853. The Balaban J connectivity index is 1.28. The molecule has 0 saturated heterocycles. The zero-order valence-corrected chi connectivity index (χ0v) is 15.4. The topological polar surface area (TPSA) is 68.0 Å². The number of hydrogen-bond donors (Lipinski definition) is 1. The van der Waals surface area contributed by atoms with Crippen molar-refractivity contribution in [1.82, 2.24) is 15.5 Å². The van der Waals surface area contributed by atoms with Gasteiger partial charge in [0.2, 0.25) is 11.8 Å². The summed E-state index contributed by atoms with van der Waals surface area (Å²) in [6.07, 6.45) is 8.32. The van der Waals surface area contributed by atoms with Crippen molar-refractivity contribution >= 4 is 17.7 Å². The van der Waals surface area contributed by atoms with Gasteiger partial charge in [-0.15, -0.1) is 11.8 Å². The second kappa shape index (κ2) is 6.36. The number of nitrogens with one attached hydrogen (secondary N) is 1. The van der Waals surface area contributed by atoms with Crippen LogP contribution in [0.5, 0.6) is 0 Å². The number of aryl methyl sites for hydroxylation is 1. The maximum Gasteiger partial charge on any atom is 0.230 e. The Hall–Kier alpha value is -1.04. The van der Waals surface area contributed by atoms with Crippen molar-refractivity contribution in [3.8, 4) is 0 Å². The average Bonchev–Trinajstić information content (AvgIpc) is 2.91. The third-order valence-corrected chi connectivity index (χ3v) is 7.34. The number of carbonyl (C=O) groups is 1. The molecule has 1 atom stereocenters. The first-order chi connectivity index (χ1) is 11.5. The van der Waals surface area contributed by atoms with Crippen LogP contribution in [0.3, 0.4) is 0 Å². The molecule has 1 aromatic heterocycles. The Labute approximate surface area is 147 Å². The van der Waals surface area contributed by atoms with Crippen LogP contribution in [0.15, 0.2) is 4.52 Å². The Kier molecular flexibility index (Phi) is 4.35. The van der Waals surface area contributed by atoms with Gasteiger partial charge in [-0.2, -0.15) is 4.98 Å². The van der Waals surface area contributed by atoms with Gasteiger partial charge in [0.15, 0.2) is 5.82 Å². The highest BCUT2D eigenvalue weighted by Crippen LogP contribution is 2.61. The van der Waals surface area contributed by atoms with Gasteiger partial charge in [0.25, 0.3) is 0 Å². The Morgan fingerprint density at radius 1 is 1.29 bits per heavy atom. The highest BCUT2D eigenvalue weighted by molar-refractivity contribution is 7.99. The summed E-state index contributed by atoms with van der Waals surface area (Å²) in [7, 11) is 0. The number of thioether (sulfide) groups is 1. The van der Waals surface area contributed by atoms with Gasteiger partial charge in [-0.3, -0.25) is 4.79 Å². The van der Waals surface area contributed by atoms with E-state index in [2.05, 4.69) is 22.4 Å². The van der Waals surface area contributed by atoms with E-state index in [1.807, 2.05) is 0 Å². The number of amides is 1. The molecule has 0 aliphatic heterocycles. The molecular formula is C18H27N3O2S. The molecule has 4 aliphatic carbocycles. The van der Waals surface area contributed by atoms with E-state index in [0.717, 1.165) is 17.8 Å². The molecule has 1 heterocycles. The van der Waals surface area contributed by atoms with Crippen molar-refractivity contribution in [2.75, 3.05) is 5.75 Å². The summed E-state index contributed by atoms with van der Waals surface area (Å²) in [5.74, 6) is 5.23. The molecule has 1 amide bonds. The first-order valence-electron chi connectivity index (χ1n) is 9.19. The normalized spacial score (nSPS) is 35.2. The number of rotatable bonds is 6. The SMILES string of the molecule is Cc1nc(CSCC(=O)N[C@@H](C)C23CC4CC(CC(C4)C2)C3)no1. The van der Waals surface area contributed by atoms with Gasteiger partial charge < -0.3 is 9.84 Å². The second-order valence-electron chi connectivity index (χ2n) is 8.29. The largest absolute Gasteiger partial charge is 0.352 e. The van der Waals surface area contributed by atoms with Gasteiger partial charge in [0.1, 0.15) is 0 Å². The number of aromatic nitrogens is 2. The molecule has 4 fully saturated rings. The molecule has 5 nitrogen and oxygen atoms in total. The van der Waals surface area contributed by atoms with E-state index in [1.54, 1.807) is 18.7 Å². The van der Waals surface area contributed by atoms with Crippen molar-refractivity contribution in [2.24, 2.45) is 23.2 Å². The predicted octanol–water partition coefficient (Wildman–Crippen LogP) is 3.33. The highest BCUT2D eigenvalue weighted by atomic mass is 32.2. The fraction of sp³-hybridized carbons (Fsp3) is 0.833. The van der Waals surface area contributed by atoms with Gasteiger partial charge in [0.05, 0.1) is 11.5 Å². The van der Waals surface area contributed by atoms with Crippen molar-refractivity contribution in [3.05, 3.63) is 11.7 Å². The third-order valence-electron chi connectivity index (χ3n) is 6.42. The predicted molar refractivity (Wildman–Crippen MR) is 93.4 cm³/mol. The van der Waals surface area contributed by atoms with Crippen LogP contribution in [0.2, 0.25) is 0 Å². The van der Waals surface area contributed by atoms with Crippen LogP contribution in [-0.2, 0) is 10.5 Å². The van der Waals surface area contributed by atoms with E-state index in [1.165, 1.54) is 38.5 Å². The highest BCUT2D eigenvalue weighted by Gasteiger charge is 2.53. The minimum Gasteiger partial charge on any atom is -0.352 e. The minimum atomic E-state index is 0.142. The van der Waals surface area contributed by atoms with E-state index in [-0.39, 0.29) is 5.91 Å². The van der Waals surface area contributed by atoms with Crippen LogP contribution in [0.4, 0.5) is 0 Å². The first-order valence-corrected chi connectivity index (χ1v) is 10.3. The fourth-order valence-corrected chi connectivity index (χ4v) is 6.45. The van der Waals surface area contributed by atoms with Gasteiger partial charge >= 0.3 is 0 Å². The molecule has 6 heteroatoms. The van der Waals surface area contributed by atoms with E-state index in [4.69, 9.17) is 4.52 Å². The maximum absolute atomic E-state index is 12.3. The lowest BCUT2D eigenvalue weighted by molar-refractivity contribution is -0.123. The van der Waals surface area contributed by atoms with E-state index in [0.29, 0.717) is 34.7 Å². The zero-order valence-electron chi connectivity index (χ0n) is 14.6. The summed E-state index contributed by atoms with van der Waals surface area (Å²) in [5.41, 5.74) is 0.375. The van der Waals surface area contributed by atoms with E-state index in [9.17, 15) is 4.79 Å². The molecule has 0 radical (unpaired) electrons. The smallest absolute Gasteiger partial charge is 0.230 e. The zero-order chi connectivity index (χ0) is 16.7. The third kappa shape index (κ3) is 3.22. The molecule has 1 N–H and O–H groups in total. The van der Waals surface area contributed by atoms with E-state index >= 15 is 0 Å². The van der Waals surface area contributed by atoms with Gasteiger partial charge in [-0.05, 0) is 68.6 Å². The number of hydrogen-bond acceptors (Lipinski definition) is 5. The number of nitrogens with zero attached hydrogens (tertiary/aromatic N) is 2. The van der Waals surface area contributed by atoms with Crippen molar-refractivity contribution in [2.45, 2.75) is 64.2 Å². The molecule has 0 spiro atoms. The molecular weight excluding hydrogens is 322 g/mol. The van der Waals surface area contributed by atoms with Crippen molar-refractivity contribution in [3.63, 3.8) is 0 Å². The lowest BCUT2D eigenvalue weighted by Gasteiger charge is -2.59. The monoisotopic (exact) mass is 349 g/mol.